The summed E-state index contributed by atoms with van der Waals surface area (Å²) in [4.78, 5) is 4.01. The second-order valence-electron chi connectivity index (χ2n) is 2.51. The van der Waals surface area contributed by atoms with E-state index in [2.05, 4.69) is 4.98 Å². The van der Waals surface area contributed by atoms with Crippen molar-refractivity contribution in [3.8, 4) is 0 Å². The number of aromatic nitrogens is 2. The van der Waals surface area contributed by atoms with E-state index in [9.17, 15) is 0 Å². The standard InChI is InChI=1S/C8H13ClN2O/c1-3-11-7(4-5-12-2)6-10-8(11)9/h6H,3-5H2,1-2H3. The van der Waals surface area contributed by atoms with E-state index in [-0.39, 0.29) is 0 Å². The molecule has 1 aromatic heterocycles. The first kappa shape index (κ1) is 9.55. The molecule has 68 valence electrons. The van der Waals surface area contributed by atoms with Gasteiger partial charge < -0.3 is 9.30 Å². The van der Waals surface area contributed by atoms with E-state index in [1.54, 1.807) is 13.3 Å². The molecule has 12 heavy (non-hydrogen) atoms. The largest absolute Gasteiger partial charge is 0.384 e. The molecule has 1 heterocycles. The van der Waals surface area contributed by atoms with Crippen molar-refractivity contribution in [3.05, 3.63) is 17.2 Å². The molecule has 4 heteroatoms. The summed E-state index contributed by atoms with van der Waals surface area (Å²) in [6.45, 7) is 3.61. The predicted octanol–water partition coefficient (Wildman–Crippen LogP) is 1.75. The van der Waals surface area contributed by atoms with Crippen molar-refractivity contribution in [1.82, 2.24) is 9.55 Å². The third kappa shape index (κ3) is 1.99. The average Bonchev–Trinajstić information content (AvgIpc) is 2.43. The molecule has 0 aliphatic heterocycles. The first-order valence-corrected chi connectivity index (χ1v) is 4.36. The quantitative estimate of drug-likeness (QED) is 0.720. The van der Waals surface area contributed by atoms with Crippen LogP contribution in [-0.4, -0.2) is 23.3 Å². The molecule has 0 aliphatic carbocycles. The fraction of sp³-hybridized carbons (Fsp3) is 0.625. The Balaban J connectivity index is 2.70. The van der Waals surface area contributed by atoms with Gasteiger partial charge in [-0.2, -0.15) is 0 Å². The van der Waals surface area contributed by atoms with Gasteiger partial charge in [-0.15, -0.1) is 0 Å². The molecule has 0 atom stereocenters. The molecule has 3 nitrogen and oxygen atoms in total. The summed E-state index contributed by atoms with van der Waals surface area (Å²) in [5, 5.41) is 0.559. The molecule has 0 radical (unpaired) electrons. The number of hydrogen-bond donors (Lipinski definition) is 0. The van der Waals surface area contributed by atoms with E-state index in [1.807, 2.05) is 11.5 Å². The topological polar surface area (TPSA) is 27.1 Å². The van der Waals surface area contributed by atoms with E-state index < -0.39 is 0 Å². The van der Waals surface area contributed by atoms with Gasteiger partial charge in [0.1, 0.15) is 0 Å². The second kappa shape index (κ2) is 4.48. The van der Waals surface area contributed by atoms with Crippen molar-refractivity contribution in [3.63, 3.8) is 0 Å². The zero-order valence-corrected chi connectivity index (χ0v) is 8.14. The van der Waals surface area contributed by atoms with E-state index in [4.69, 9.17) is 16.3 Å². The average molecular weight is 189 g/mol. The maximum Gasteiger partial charge on any atom is 0.202 e. The van der Waals surface area contributed by atoms with Crippen molar-refractivity contribution in [2.75, 3.05) is 13.7 Å². The lowest BCUT2D eigenvalue weighted by Gasteiger charge is -2.04. The summed E-state index contributed by atoms with van der Waals surface area (Å²) < 4.78 is 6.94. The molecule has 0 fully saturated rings. The number of imidazole rings is 1. The van der Waals surface area contributed by atoms with Gasteiger partial charge in [-0.3, -0.25) is 0 Å². The summed E-state index contributed by atoms with van der Waals surface area (Å²) in [5.41, 5.74) is 1.13. The van der Waals surface area contributed by atoms with Crippen LogP contribution in [0.4, 0.5) is 0 Å². The summed E-state index contributed by atoms with van der Waals surface area (Å²) in [5.74, 6) is 0. The molecule has 1 rings (SSSR count). The highest BCUT2D eigenvalue weighted by Crippen LogP contribution is 2.10. The number of nitrogens with zero attached hydrogens (tertiary/aromatic N) is 2. The van der Waals surface area contributed by atoms with E-state index in [1.165, 1.54) is 0 Å². The Hall–Kier alpha value is -0.540. The Kier molecular flexibility index (Phi) is 3.56. The van der Waals surface area contributed by atoms with Gasteiger partial charge in [0.25, 0.3) is 0 Å². The molecular weight excluding hydrogens is 176 g/mol. The predicted molar refractivity (Wildman–Crippen MR) is 48.5 cm³/mol. The molecule has 0 N–H and O–H groups in total. The van der Waals surface area contributed by atoms with Gasteiger partial charge in [-0.1, -0.05) is 0 Å². The smallest absolute Gasteiger partial charge is 0.202 e. The lowest BCUT2D eigenvalue weighted by Crippen LogP contribution is -2.03. The van der Waals surface area contributed by atoms with E-state index in [0.717, 1.165) is 18.7 Å². The van der Waals surface area contributed by atoms with Crippen molar-refractivity contribution in [1.29, 1.82) is 0 Å². The Morgan fingerprint density at radius 3 is 3.00 bits per heavy atom. The third-order valence-electron chi connectivity index (χ3n) is 1.77. The van der Waals surface area contributed by atoms with Gasteiger partial charge in [0.15, 0.2) is 0 Å². The molecular formula is C8H13ClN2O. The summed E-state index contributed by atoms with van der Waals surface area (Å²) >= 11 is 5.84. The monoisotopic (exact) mass is 188 g/mol. The van der Waals surface area contributed by atoms with Gasteiger partial charge in [0.2, 0.25) is 5.28 Å². The van der Waals surface area contributed by atoms with Crippen LogP contribution in [-0.2, 0) is 17.7 Å². The lowest BCUT2D eigenvalue weighted by molar-refractivity contribution is 0.200. The second-order valence-corrected chi connectivity index (χ2v) is 2.84. The van der Waals surface area contributed by atoms with Crippen LogP contribution in [0.2, 0.25) is 5.28 Å². The Morgan fingerprint density at radius 1 is 1.67 bits per heavy atom. The highest BCUT2D eigenvalue weighted by atomic mass is 35.5. The van der Waals surface area contributed by atoms with E-state index in [0.29, 0.717) is 11.9 Å². The van der Waals surface area contributed by atoms with Crippen molar-refractivity contribution in [2.45, 2.75) is 19.9 Å². The molecule has 1 aromatic rings. The van der Waals surface area contributed by atoms with Crippen LogP contribution in [0.15, 0.2) is 6.20 Å². The lowest BCUT2D eigenvalue weighted by atomic mass is 10.3. The molecule has 0 unspecified atom stereocenters. The van der Waals surface area contributed by atoms with Gasteiger partial charge in [0, 0.05) is 32.0 Å². The van der Waals surface area contributed by atoms with Gasteiger partial charge in [-0.25, -0.2) is 4.98 Å². The number of methoxy groups -OCH3 is 1. The van der Waals surface area contributed by atoms with Crippen LogP contribution >= 0.6 is 11.6 Å². The number of halogens is 1. The van der Waals surface area contributed by atoms with Crippen LogP contribution in [0.1, 0.15) is 12.6 Å². The number of hydrogen-bond acceptors (Lipinski definition) is 2. The molecule has 0 aromatic carbocycles. The van der Waals surface area contributed by atoms with Gasteiger partial charge in [0.05, 0.1) is 6.61 Å². The zero-order chi connectivity index (χ0) is 8.97. The number of ether oxygens (including phenoxy) is 1. The van der Waals surface area contributed by atoms with Gasteiger partial charge in [-0.05, 0) is 18.5 Å². The maximum atomic E-state index is 5.84. The molecule has 0 amide bonds. The highest BCUT2D eigenvalue weighted by molar-refractivity contribution is 6.28. The fourth-order valence-electron chi connectivity index (χ4n) is 1.13. The Labute approximate surface area is 77.3 Å². The van der Waals surface area contributed by atoms with Crippen LogP contribution < -0.4 is 0 Å². The number of rotatable bonds is 4. The van der Waals surface area contributed by atoms with Crippen LogP contribution in [0.25, 0.3) is 0 Å². The zero-order valence-electron chi connectivity index (χ0n) is 7.38. The molecule has 0 spiro atoms. The SMILES string of the molecule is CCn1c(CCOC)cnc1Cl. The Bertz CT molecular complexity index is 247. The van der Waals surface area contributed by atoms with Crippen LogP contribution in [0, 0.1) is 0 Å². The first-order valence-electron chi connectivity index (χ1n) is 3.98. The Morgan fingerprint density at radius 2 is 2.42 bits per heavy atom. The van der Waals surface area contributed by atoms with Crippen LogP contribution in [0.3, 0.4) is 0 Å². The molecule has 0 bridgehead atoms. The minimum absolute atomic E-state index is 0.559. The fourth-order valence-corrected chi connectivity index (χ4v) is 1.40. The third-order valence-corrected chi connectivity index (χ3v) is 2.07. The minimum atomic E-state index is 0.559. The highest BCUT2D eigenvalue weighted by Gasteiger charge is 2.04. The van der Waals surface area contributed by atoms with Crippen molar-refractivity contribution in [2.24, 2.45) is 0 Å². The first-order chi connectivity index (χ1) is 5.79. The van der Waals surface area contributed by atoms with Gasteiger partial charge >= 0.3 is 0 Å². The summed E-state index contributed by atoms with van der Waals surface area (Å²) in [6, 6.07) is 0. The van der Waals surface area contributed by atoms with Crippen LogP contribution in [0.5, 0.6) is 0 Å². The van der Waals surface area contributed by atoms with E-state index >= 15 is 0 Å². The van der Waals surface area contributed by atoms with Crippen molar-refractivity contribution >= 4 is 11.6 Å². The summed E-state index contributed by atoms with van der Waals surface area (Å²) in [7, 11) is 1.69. The molecule has 0 saturated carbocycles. The normalized spacial score (nSPS) is 10.6. The maximum absolute atomic E-state index is 5.84. The van der Waals surface area contributed by atoms with Crippen molar-refractivity contribution < 1.29 is 4.74 Å². The minimum Gasteiger partial charge on any atom is -0.384 e. The summed E-state index contributed by atoms with van der Waals surface area (Å²) in [6.07, 6.45) is 2.66. The molecule has 0 saturated heterocycles. The molecule has 0 aliphatic rings.